The Kier molecular flexibility index (Phi) is 7.53. The van der Waals surface area contributed by atoms with Crippen molar-refractivity contribution >= 4 is 40.7 Å². The summed E-state index contributed by atoms with van der Waals surface area (Å²) in [6.45, 7) is 7.97. The predicted octanol–water partition coefficient (Wildman–Crippen LogP) is 5.96. The highest BCUT2D eigenvalue weighted by molar-refractivity contribution is 7.99. The molecule has 2 aromatic carbocycles. The summed E-state index contributed by atoms with van der Waals surface area (Å²) in [4.78, 5) is 12.5. The van der Waals surface area contributed by atoms with Gasteiger partial charge in [-0.25, -0.2) is 0 Å². The lowest BCUT2D eigenvalue weighted by atomic mass is 9.87. The largest absolute Gasteiger partial charge is 0.401 e. The number of nitrogens with two attached hydrogens (primary N) is 1. The van der Waals surface area contributed by atoms with Crippen LogP contribution in [0.5, 0.6) is 0 Å². The fourth-order valence-corrected chi connectivity index (χ4v) is 4.32. The summed E-state index contributed by atoms with van der Waals surface area (Å²) in [6.07, 6.45) is 0. The summed E-state index contributed by atoms with van der Waals surface area (Å²) < 4.78 is 1.77. The van der Waals surface area contributed by atoms with E-state index >= 15 is 0 Å². The minimum absolute atomic E-state index is 0.0108. The van der Waals surface area contributed by atoms with Crippen LogP contribution in [0.15, 0.2) is 58.9 Å². The van der Waals surface area contributed by atoms with Gasteiger partial charge in [0.15, 0.2) is 16.8 Å². The molecule has 0 saturated carbocycles. The molecule has 9 heteroatoms. The summed E-state index contributed by atoms with van der Waals surface area (Å²) in [5, 5.41) is 19.1. The maximum Gasteiger partial charge on any atom is 0.196 e. The van der Waals surface area contributed by atoms with Crippen LogP contribution < -0.4 is 5.73 Å². The van der Waals surface area contributed by atoms with E-state index in [-0.39, 0.29) is 28.2 Å². The van der Waals surface area contributed by atoms with Crippen LogP contribution >= 0.6 is 35.0 Å². The molecule has 3 aromatic rings. The number of Topliss-reactive ketones (excluding diaryl/α,β-unsaturated/α-hetero) is 1. The second-order valence-electron chi connectivity index (χ2n) is 8.42. The summed E-state index contributed by atoms with van der Waals surface area (Å²) in [6, 6.07) is 15.2. The number of ketones is 1. The van der Waals surface area contributed by atoms with Crippen molar-refractivity contribution in [3.63, 3.8) is 0 Å². The molecule has 0 unspecified atom stereocenters. The number of benzene rings is 2. The highest BCUT2D eigenvalue weighted by Gasteiger charge is 2.22. The van der Waals surface area contributed by atoms with E-state index in [4.69, 9.17) is 28.9 Å². The number of allylic oxidation sites excluding steroid dienone is 2. The first-order valence-electron chi connectivity index (χ1n) is 10.1. The lowest BCUT2D eigenvalue weighted by Crippen LogP contribution is -2.11. The van der Waals surface area contributed by atoms with Crippen molar-refractivity contribution in [3.05, 3.63) is 69.3 Å². The maximum absolute atomic E-state index is 12.5. The quantitative estimate of drug-likeness (QED) is 0.255. The third-order valence-corrected chi connectivity index (χ3v) is 6.67. The van der Waals surface area contributed by atoms with Gasteiger partial charge in [0.2, 0.25) is 0 Å². The lowest BCUT2D eigenvalue weighted by Gasteiger charge is -2.19. The second-order valence-corrected chi connectivity index (χ2v) is 10.2. The average Bonchev–Trinajstić information content (AvgIpc) is 3.17. The van der Waals surface area contributed by atoms with Crippen molar-refractivity contribution in [2.45, 2.75) is 38.3 Å². The molecule has 1 heterocycles. The molecule has 170 valence electrons. The van der Waals surface area contributed by atoms with Gasteiger partial charge in [0.05, 0.1) is 21.5 Å². The Morgan fingerprint density at radius 1 is 1.15 bits per heavy atom. The molecule has 0 atom stereocenters. The van der Waals surface area contributed by atoms with Crippen LogP contribution in [0.2, 0.25) is 10.0 Å². The summed E-state index contributed by atoms with van der Waals surface area (Å²) >= 11 is 13.9. The van der Waals surface area contributed by atoms with Crippen molar-refractivity contribution in [2.24, 2.45) is 5.73 Å². The van der Waals surface area contributed by atoms with E-state index in [9.17, 15) is 10.1 Å². The van der Waals surface area contributed by atoms with E-state index in [2.05, 4.69) is 43.1 Å². The molecule has 2 N–H and O–H groups in total. The van der Waals surface area contributed by atoms with E-state index in [1.54, 1.807) is 22.8 Å². The van der Waals surface area contributed by atoms with Gasteiger partial charge in [-0.15, -0.1) is 10.2 Å². The minimum Gasteiger partial charge on any atom is -0.401 e. The van der Waals surface area contributed by atoms with Crippen molar-refractivity contribution in [2.75, 3.05) is 5.75 Å². The zero-order chi connectivity index (χ0) is 24.3. The maximum atomic E-state index is 12.5. The molecule has 0 amide bonds. The molecule has 0 bridgehead atoms. The molecule has 33 heavy (non-hydrogen) atoms. The number of nitrogens with zero attached hydrogens (tertiary/aromatic N) is 4. The molecule has 0 saturated heterocycles. The highest BCUT2D eigenvalue weighted by Crippen LogP contribution is 2.35. The third-order valence-electron chi connectivity index (χ3n) is 4.93. The van der Waals surface area contributed by atoms with Gasteiger partial charge < -0.3 is 5.73 Å². The Hall–Kier alpha value is -2.79. The topological polar surface area (TPSA) is 97.6 Å². The number of hydrogen-bond acceptors (Lipinski definition) is 6. The average molecular weight is 500 g/mol. The van der Waals surface area contributed by atoms with Crippen molar-refractivity contribution in [3.8, 4) is 23.1 Å². The second kappa shape index (κ2) is 10.0. The van der Waals surface area contributed by atoms with Gasteiger partial charge in [0.1, 0.15) is 11.6 Å². The zero-order valence-corrected chi connectivity index (χ0v) is 21.0. The molecule has 0 aliphatic rings. The Morgan fingerprint density at radius 2 is 1.82 bits per heavy atom. The number of carbonyl (C=O) groups excluding carboxylic acids is 1. The summed E-state index contributed by atoms with van der Waals surface area (Å²) in [5.74, 6) is 0.141. The highest BCUT2D eigenvalue weighted by atomic mass is 35.5. The Morgan fingerprint density at radius 3 is 2.39 bits per heavy atom. The van der Waals surface area contributed by atoms with E-state index in [0.29, 0.717) is 26.7 Å². The standard InChI is InChI=1S/C24H23Cl2N5OS/c1-14(28)17(12-27)20(32)13-33-23-30-29-22(15-8-10-16(11-9-15)24(2,3)4)31(23)19-7-5-6-18(25)21(19)26/h5-11H,13,28H2,1-4H3. The number of nitriles is 1. The summed E-state index contributed by atoms with van der Waals surface area (Å²) in [7, 11) is 0. The molecule has 0 aliphatic carbocycles. The molecular weight excluding hydrogens is 477 g/mol. The lowest BCUT2D eigenvalue weighted by molar-refractivity contribution is -0.112. The molecule has 0 fully saturated rings. The van der Waals surface area contributed by atoms with Gasteiger partial charge in [-0.2, -0.15) is 5.26 Å². The van der Waals surface area contributed by atoms with Crippen molar-refractivity contribution < 1.29 is 4.79 Å². The van der Waals surface area contributed by atoms with Crippen molar-refractivity contribution in [1.82, 2.24) is 14.8 Å². The Balaban J connectivity index is 2.08. The number of carbonyl (C=O) groups is 1. The molecule has 3 rings (SSSR count). The van der Waals surface area contributed by atoms with E-state index < -0.39 is 0 Å². The first-order valence-corrected chi connectivity index (χ1v) is 11.8. The molecule has 6 nitrogen and oxygen atoms in total. The van der Waals surface area contributed by atoms with Crippen LogP contribution in [0.4, 0.5) is 0 Å². The number of aromatic nitrogens is 3. The van der Waals surface area contributed by atoms with Crippen LogP contribution in [0.25, 0.3) is 17.1 Å². The van der Waals surface area contributed by atoms with E-state index in [1.165, 1.54) is 12.5 Å². The molecule has 0 radical (unpaired) electrons. The van der Waals surface area contributed by atoms with Gasteiger partial charge in [-0.05, 0) is 30.0 Å². The monoisotopic (exact) mass is 499 g/mol. The van der Waals surface area contributed by atoms with Gasteiger partial charge in [-0.3, -0.25) is 9.36 Å². The number of rotatable bonds is 6. The minimum atomic E-state index is -0.384. The van der Waals surface area contributed by atoms with Gasteiger partial charge in [0.25, 0.3) is 0 Å². The molecule has 0 spiro atoms. The molecular formula is C24H23Cl2N5OS. The van der Waals surface area contributed by atoms with Crippen LogP contribution in [0.3, 0.4) is 0 Å². The molecule has 0 aliphatic heterocycles. The van der Waals surface area contributed by atoms with E-state index in [1.807, 2.05) is 18.2 Å². The number of thioether (sulfide) groups is 1. The fourth-order valence-electron chi connectivity index (χ4n) is 3.12. The van der Waals surface area contributed by atoms with Crippen LogP contribution in [-0.2, 0) is 10.2 Å². The molecule has 1 aromatic heterocycles. The van der Waals surface area contributed by atoms with Crippen LogP contribution in [-0.4, -0.2) is 26.3 Å². The normalized spacial score (nSPS) is 12.3. The van der Waals surface area contributed by atoms with Gasteiger partial charge >= 0.3 is 0 Å². The first-order chi connectivity index (χ1) is 15.5. The fraction of sp³-hybridized carbons (Fsp3) is 0.250. The smallest absolute Gasteiger partial charge is 0.196 e. The van der Waals surface area contributed by atoms with Gasteiger partial charge in [0, 0.05) is 11.3 Å². The van der Waals surface area contributed by atoms with Crippen molar-refractivity contribution in [1.29, 1.82) is 5.26 Å². The van der Waals surface area contributed by atoms with Gasteiger partial charge in [-0.1, -0.05) is 86.1 Å². The van der Waals surface area contributed by atoms with Crippen LogP contribution in [0.1, 0.15) is 33.3 Å². The Labute approximate surface area is 207 Å². The van der Waals surface area contributed by atoms with Crippen LogP contribution in [0, 0.1) is 11.3 Å². The van der Waals surface area contributed by atoms with E-state index in [0.717, 1.165) is 17.3 Å². The first kappa shape index (κ1) is 24.8. The number of hydrogen-bond donors (Lipinski definition) is 1. The predicted molar refractivity (Wildman–Crippen MR) is 134 cm³/mol. The zero-order valence-electron chi connectivity index (χ0n) is 18.7. The third kappa shape index (κ3) is 5.41. The number of halogens is 2. The summed E-state index contributed by atoms with van der Waals surface area (Å²) in [5.41, 5.74) is 8.40. The Bertz CT molecular complexity index is 1260. The SMILES string of the molecule is CC(N)=C(C#N)C(=O)CSc1nnc(-c2ccc(C(C)(C)C)cc2)n1-c1cccc(Cl)c1Cl.